The van der Waals surface area contributed by atoms with Crippen LogP contribution in [0.1, 0.15) is 23.3 Å². The van der Waals surface area contributed by atoms with E-state index in [2.05, 4.69) is 20.6 Å². The molecule has 186 valence electrons. The van der Waals surface area contributed by atoms with Crippen LogP contribution in [-0.4, -0.2) is 80.4 Å². The number of likely N-dealkylation sites (N-methyl/N-ethyl adjacent to an activating group) is 1. The standard InChI is InChI=1S/C12H16N4O3.C10H11N3O3/c1-15-10-6-5-8(7-9(10)13-14-15)11(18-3)12(17)16(2)19-4;1-13-8-4-3-6(5-7(8)11-12-13)9(16-2)10(14)15/h5-7,11H,1-4H3;3-5,9H,1-2H3,(H,14,15). The largest absolute Gasteiger partial charge is 0.479 e. The number of carboxylic acids is 1. The topological polar surface area (TPSA) is 147 Å². The Morgan fingerprint density at radius 2 is 1.31 bits per heavy atom. The molecule has 2 unspecified atom stereocenters. The molecule has 13 heteroatoms. The van der Waals surface area contributed by atoms with Crippen LogP contribution in [0.25, 0.3) is 22.1 Å². The highest BCUT2D eigenvalue weighted by atomic mass is 16.7. The smallest absolute Gasteiger partial charge is 0.337 e. The Bertz CT molecular complexity index is 1330. The molecule has 0 radical (unpaired) electrons. The number of hydroxylamine groups is 2. The maximum Gasteiger partial charge on any atom is 0.337 e. The Morgan fingerprint density at radius 3 is 1.71 bits per heavy atom. The summed E-state index contributed by atoms with van der Waals surface area (Å²) in [5.74, 6) is -1.31. The Morgan fingerprint density at radius 1 is 0.857 bits per heavy atom. The first kappa shape index (κ1) is 25.7. The van der Waals surface area contributed by atoms with Crippen molar-refractivity contribution in [2.45, 2.75) is 12.2 Å². The Labute approximate surface area is 200 Å². The summed E-state index contributed by atoms with van der Waals surface area (Å²) in [4.78, 5) is 27.9. The maximum absolute atomic E-state index is 12.1. The lowest BCUT2D eigenvalue weighted by Crippen LogP contribution is -2.31. The molecule has 0 aliphatic rings. The fourth-order valence-electron chi connectivity index (χ4n) is 3.46. The van der Waals surface area contributed by atoms with Gasteiger partial charge in [0.15, 0.2) is 12.2 Å². The molecule has 0 bridgehead atoms. The molecule has 1 amide bonds. The molecule has 0 saturated heterocycles. The van der Waals surface area contributed by atoms with Gasteiger partial charge in [0.1, 0.15) is 11.0 Å². The number of aryl methyl sites for hydroxylation is 2. The zero-order valence-corrected chi connectivity index (χ0v) is 20.2. The van der Waals surface area contributed by atoms with Crippen molar-refractivity contribution in [3.63, 3.8) is 0 Å². The van der Waals surface area contributed by atoms with Gasteiger partial charge in [0.25, 0.3) is 5.91 Å². The van der Waals surface area contributed by atoms with Crippen LogP contribution in [0.15, 0.2) is 36.4 Å². The minimum atomic E-state index is -1.02. The van der Waals surface area contributed by atoms with Gasteiger partial charge >= 0.3 is 5.97 Å². The van der Waals surface area contributed by atoms with E-state index in [9.17, 15) is 9.59 Å². The molecule has 0 spiro atoms. The number of methoxy groups -OCH3 is 2. The van der Waals surface area contributed by atoms with Gasteiger partial charge in [0.05, 0.1) is 18.1 Å². The molecule has 1 N–H and O–H groups in total. The number of carbonyl (C=O) groups excluding carboxylic acids is 1. The number of fused-ring (bicyclic) bond motifs is 2. The highest BCUT2D eigenvalue weighted by Crippen LogP contribution is 2.23. The van der Waals surface area contributed by atoms with Gasteiger partial charge in [-0.1, -0.05) is 22.6 Å². The van der Waals surface area contributed by atoms with Crippen molar-refractivity contribution < 1.29 is 29.0 Å². The number of aliphatic carboxylic acids is 1. The SMILES string of the molecule is COC(C(=O)N(C)OC)c1ccc2c(c1)nnn2C.COC(C(=O)O)c1ccc2c(c1)nnn2C. The van der Waals surface area contributed by atoms with Crippen molar-refractivity contribution in [1.82, 2.24) is 35.1 Å². The lowest BCUT2D eigenvalue weighted by molar-refractivity contribution is -0.179. The predicted octanol–water partition coefficient (Wildman–Crippen LogP) is 1.42. The van der Waals surface area contributed by atoms with Crippen LogP contribution in [0.5, 0.6) is 0 Å². The first-order valence-corrected chi connectivity index (χ1v) is 10.4. The number of carbonyl (C=O) groups is 2. The Balaban J connectivity index is 0.000000198. The molecule has 35 heavy (non-hydrogen) atoms. The van der Waals surface area contributed by atoms with Gasteiger partial charge in [-0.3, -0.25) is 9.63 Å². The molecule has 13 nitrogen and oxygen atoms in total. The average Bonchev–Trinajstić information content (AvgIpc) is 3.41. The second-order valence-corrected chi connectivity index (χ2v) is 7.51. The van der Waals surface area contributed by atoms with E-state index in [4.69, 9.17) is 19.4 Å². The van der Waals surface area contributed by atoms with Crippen LogP contribution in [-0.2, 0) is 38.0 Å². The first-order valence-electron chi connectivity index (χ1n) is 10.4. The molecule has 2 aromatic heterocycles. The third-order valence-corrected chi connectivity index (χ3v) is 5.38. The third kappa shape index (κ3) is 5.42. The summed E-state index contributed by atoms with van der Waals surface area (Å²) in [6.07, 6.45) is -1.69. The van der Waals surface area contributed by atoms with Crippen LogP contribution < -0.4 is 0 Å². The molecule has 4 rings (SSSR count). The van der Waals surface area contributed by atoms with Crippen LogP contribution in [0.4, 0.5) is 0 Å². The van der Waals surface area contributed by atoms with E-state index in [-0.39, 0.29) is 5.91 Å². The fraction of sp³-hybridized carbons (Fsp3) is 0.364. The summed E-state index contributed by atoms with van der Waals surface area (Å²) >= 11 is 0. The van der Waals surface area contributed by atoms with Crippen molar-refractivity contribution in [2.24, 2.45) is 14.1 Å². The lowest BCUT2D eigenvalue weighted by Gasteiger charge is -2.20. The summed E-state index contributed by atoms with van der Waals surface area (Å²) in [5, 5.41) is 25.8. The molecule has 2 aromatic carbocycles. The summed E-state index contributed by atoms with van der Waals surface area (Å²) < 4.78 is 13.4. The number of hydrogen-bond acceptors (Lipinski definition) is 9. The van der Waals surface area contributed by atoms with E-state index in [1.54, 1.807) is 40.7 Å². The van der Waals surface area contributed by atoms with E-state index < -0.39 is 18.2 Å². The number of hydrogen-bond donors (Lipinski definition) is 1. The number of benzene rings is 2. The first-order chi connectivity index (χ1) is 16.7. The maximum atomic E-state index is 12.1. The van der Waals surface area contributed by atoms with Crippen molar-refractivity contribution >= 4 is 33.9 Å². The molecular formula is C22H27N7O6. The van der Waals surface area contributed by atoms with Gasteiger partial charge in [-0.25, -0.2) is 19.2 Å². The number of rotatable bonds is 7. The fourth-order valence-corrected chi connectivity index (χ4v) is 3.46. The van der Waals surface area contributed by atoms with E-state index >= 15 is 0 Å². The zero-order chi connectivity index (χ0) is 25.7. The molecule has 2 atom stereocenters. The van der Waals surface area contributed by atoms with Crippen LogP contribution in [0, 0.1) is 0 Å². The molecule has 2 heterocycles. The molecule has 0 aliphatic carbocycles. The van der Waals surface area contributed by atoms with Crippen molar-refractivity contribution in [2.75, 3.05) is 28.4 Å². The highest BCUT2D eigenvalue weighted by molar-refractivity contribution is 5.83. The van der Waals surface area contributed by atoms with E-state index in [0.717, 1.165) is 21.6 Å². The van der Waals surface area contributed by atoms with Gasteiger partial charge in [-0.15, -0.1) is 10.2 Å². The number of ether oxygens (including phenoxy) is 2. The van der Waals surface area contributed by atoms with Crippen molar-refractivity contribution in [3.05, 3.63) is 47.5 Å². The minimum Gasteiger partial charge on any atom is -0.479 e. The highest BCUT2D eigenvalue weighted by Gasteiger charge is 2.24. The minimum absolute atomic E-state index is 0.284. The second kappa shape index (κ2) is 11.0. The van der Waals surface area contributed by atoms with E-state index in [1.165, 1.54) is 28.4 Å². The summed E-state index contributed by atoms with van der Waals surface area (Å²) in [6, 6.07) is 10.6. The van der Waals surface area contributed by atoms with E-state index in [1.807, 2.05) is 19.2 Å². The summed E-state index contributed by atoms with van der Waals surface area (Å²) in [5.41, 5.74) is 4.39. The van der Waals surface area contributed by atoms with Gasteiger partial charge in [0, 0.05) is 35.4 Å². The Kier molecular flexibility index (Phi) is 8.06. The molecular weight excluding hydrogens is 458 g/mol. The summed E-state index contributed by atoms with van der Waals surface area (Å²) in [6.45, 7) is 0. The average molecular weight is 486 g/mol. The predicted molar refractivity (Wildman–Crippen MR) is 124 cm³/mol. The molecule has 0 saturated carbocycles. The number of nitrogens with zero attached hydrogens (tertiary/aromatic N) is 7. The van der Waals surface area contributed by atoms with Gasteiger partial charge in [-0.2, -0.15) is 0 Å². The zero-order valence-electron chi connectivity index (χ0n) is 20.2. The molecule has 0 aliphatic heterocycles. The monoisotopic (exact) mass is 485 g/mol. The van der Waals surface area contributed by atoms with Crippen LogP contribution in [0.2, 0.25) is 0 Å². The quantitative estimate of drug-likeness (QED) is 0.381. The van der Waals surface area contributed by atoms with Crippen LogP contribution >= 0.6 is 0 Å². The van der Waals surface area contributed by atoms with Crippen molar-refractivity contribution in [3.8, 4) is 0 Å². The van der Waals surface area contributed by atoms with Crippen LogP contribution in [0.3, 0.4) is 0 Å². The number of amides is 1. The number of carboxylic acid groups (broad SMARTS) is 1. The Hall–Kier alpha value is -3.94. The van der Waals surface area contributed by atoms with Crippen molar-refractivity contribution in [1.29, 1.82) is 0 Å². The summed E-state index contributed by atoms with van der Waals surface area (Å²) in [7, 11) is 9.39. The van der Waals surface area contributed by atoms with Gasteiger partial charge in [-0.05, 0) is 35.4 Å². The van der Waals surface area contributed by atoms with Gasteiger partial charge in [0.2, 0.25) is 0 Å². The lowest BCUT2D eigenvalue weighted by atomic mass is 10.1. The van der Waals surface area contributed by atoms with Gasteiger partial charge < -0.3 is 14.6 Å². The molecule has 4 aromatic rings. The second-order valence-electron chi connectivity index (χ2n) is 7.51. The third-order valence-electron chi connectivity index (χ3n) is 5.38. The number of aromatic nitrogens is 6. The van der Waals surface area contributed by atoms with E-state index in [0.29, 0.717) is 16.6 Å². The normalized spacial score (nSPS) is 12.7. The molecule has 0 fully saturated rings.